The molecule has 0 aliphatic rings. The maximum Gasteiger partial charge on any atom is 0.127 e. The minimum absolute atomic E-state index is 0.235. The van der Waals surface area contributed by atoms with Crippen molar-refractivity contribution in [1.82, 2.24) is 4.98 Å². The van der Waals surface area contributed by atoms with Crippen molar-refractivity contribution in [2.45, 2.75) is 6.42 Å². The van der Waals surface area contributed by atoms with Crippen LogP contribution in [0.15, 0.2) is 60.8 Å². The van der Waals surface area contributed by atoms with Gasteiger partial charge in [-0.1, -0.05) is 36.4 Å². The number of fused-ring (bicyclic) bond motifs is 1. The number of halogens is 1. The van der Waals surface area contributed by atoms with Crippen molar-refractivity contribution < 1.29 is 4.39 Å². The first kappa shape index (κ1) is 11.8. The fourth-order valence-electron chi connectivity index (χ4n) is 2.10. The molecule has 0 aliphatic carbocycles. The zero-order chi connectivity index (χ0) is 13.1. The molecular weight excluding hydrogens is 237 g/mol. The molecule has 2 heteroatoms. The van der Waals surface area contributed by atoms with Crippen molar-refractivity contribution in [3.05, 3.63) is 84.2 Å². The number of hydrogen-bond acceptors (Lipinski definition) is 1. The van der Waals surface area contributed by atoms with Crippen molar-refractivity contribution in [2.24, 2.45) is 0 Å². The molecule has 0 unspecified atom stereocenters. The lowest BCUT2D eigenvalue weighted by molar-refractivity contribution is 0.619. The smallest absolute Gasteiger partial charge is 0.127 e. The van der Waals surface area contributed by atoms with Crippen LogP contribution in [0.2, 0.25) is 0 Å². The van der Waals surface area contributed by atoms with E-state index in [1.165, 1.54) is 6.07 Å². The van der Waals surface area contributed by atoms with E-state index >= 15 is 0 Å². The van der Waals surface area contributed by atoms with Gasteiger partial charge in [0, 0.05) is 18.0 Å². The lowest BCUT2D eigenvalue weighted by Crippen LogP contribution is -1.93. The average molecular weight is 249 g/mol. The number of aromatic nitrogens is 1. The molecule has 1 nitrogen and oxygen atoms in total. The second-order valence-corrected chi connectivity index (χ2v) is 4.32. The number of rotatable bonds is 3. The Kier molecular flexibility index (Phi) is 3.23. The largest absolute Gasteiger partial charge is 0.256 e. The van der Waals surface area contributed by atoms with Gasteiger partial charge in [0.2, 0.25) is 0 Å². The zero-order valence-corrected chi connectivity index (χ0v) is 10.3. The third kappa shape index (κ3) is 2.48. The molecule has 1 heterocycles. The Morgan fingerprint density at radius 3 is 2.63 bits per heavy atom. The van der Waals surface area contributed by atoms with Crippen molar-refractivity contribution in [3.63, 3.8) is 0 Å². The fourth-order valence-corrected chi connectivity index (χ4v) is 2.10. The van der Waals surface area contributed by atoms with E-state index in [4.69, 9.17) is 0 Å². The highest BCUT2D eigenvalue weighted by Crippen LogP contribution is 2.19. The number of para-hydroxylation sites is 1. The molecule has 3 aromatic rings. The first-order valence-electron chi connectivity index (χ1n) is 6.15. The molecule has 0 saturated heterocycles. The normalized spacial score (nSPS) is 10.8. The molecule has 0 spiro atoms. The number of benzene rings is 2. The molecule has 92 valence electrons. The van der Waals surface area contributed by atoms with Crippen molar-refractivity contribution in [2.75, 3.05) is 0 Å². The summed E-state index contributed by atoms with van der Waals surface area (Å²) in [4.78, 5) is 4.31. The lowest BCUT2D eigenvalue weighted by atomic mass is 10.0. The van der Waals surface area contributed by atoms with Crippen LogP contribution in [0.1, 0.15) is 11.1 Å². The summed E-state index contributed by atoms with van der Waals surface area (Å²) in [6.07, 6.45) is 5.47. The van der Waals surface area contributed by atoms with Crippen LogP contribution < -0.4 is 0 Å². The van der Waals surface area contributed by atoms with Crippen molar-refractivity contribution in [1.29, 1.82) is 0 Å². The van der Waals surface area contributed by atoms with E-state index in [1.54, 1.807) is 18.3 Å². The molecule has 0 fully saturated rings. The molecule has 0 atom stereocenters. The van der Waals surface area contributed by atoms with Gasteiger partial charge in [-0.2, -0.15) is 0 Å². The van der Waals surface area contributed by atoms with Gasteiger partial charge in [-0.25, -0.2) is 4.39 Å². The van der Waals surface area contributed by atoms with Crippen LogP contribution in [-0.4, -0.2) is 4.98 Å². The third-order valence-corrected chi connectivity index (χ3v) is 3.08. The Labute approximate surface area is 111 Å². The zero-order valence-electron chi connectivity index (χ0n) is 10.3. The van der Waals surface area contributed by atoms with Gasteiger partial charge in [-0.15, -0.1) is 0 Å². The summed E-state index contributed by atoms with van der Waals surface area (Å²) in [5.74, 6) is -0.235. The van der Waals surface area contributed by atoms with Crippen LogP contribution in [0.4, 0.5) is 4.39 Å². The number of pyridine rings is 1. The highest BCUT2D eigenvalue weighted by molar-refractivity contribution is 5.82. The quantitative estimate of drug-likeness (QED) is 0.682. The summed E-state index contributed by atoms with van der Waals surface area (Å²) in [5.41, 5.74) is 2.58. The van der Waals surface area contributed by atoms with Gasteiger partial charge in [-0.3, -0.25) is 4.98 Å². The van der Waals surface area contributed by atoms with Crippen LogP contribution in [0, 0.1) is 12.2 Å². The van der Waals surface area contributed by atoms with Gasteiger partial charge < -0.3 is 0 Å². The summed E-state index contributed by atoms with van der Waals surface area (Å²) in [6.45, 7) is 0. The Morgan fingerprint density at radius 1 is 0.947 bits per heavy atom. The minimum Gasteiger partial charge on any atom is -0.256 e. The first-order valence-corrected chi connectivity index (χ1v) is 6.15. The van der Waals surface area contributed by atoms with Gasteiger partial charge in [0.15, 0.2) is 0 Å². The van der Waals surface area contributed by atoms with Crippen LogP contribution in [-0.2, 0) is 6.42 Å². The predicted octanol–water partition coefficient (Wildman–Crippen LogP) is 4.05. The van der Waals surface area contributed by atoms with Gasteiger partial charge >= 0.3 is 0 Å². The third-order valence-electron chi connectivity index (χ3n) is 3.08. The van der Waals surface area contributed by atoms with Gasteiger partial charge in [0.05, 0.1) is 5.52 Å². The summed E-state index contributed by atoms with van der Waals surface area (Å²) in [5, 5.41) is 1.09. The monoisotopic (exact) mass is 249 g/mol. The molecule has 3 rings (SSSR count). The maximum atomic E-state index is 13.5. The second-order valence-electron chi connectivity index (χ2n) is 4.32. The van der Waals surface area contributed by atoms with Gasteiger partial charge in [0.1, 0.15) is 5.82 Å². The summed E-state index contributed by atoms with van der Waals surface area (Å²) in [6, 6.07) is 16.6. The molecule has 0 aliphatic heterocycles. The highest BCUT2D eigenvalue weighted by Gasteiger charge is 2.05. The van der Waals surface area contributed by atoms with Crippen molar-refractivity contribution >= 4 is 10.9 Å². The average Bonchev–Trinajstić information content (AvgIpc) is 2.46. The van der Waals surface area contributed by atoms with Crippen LogP contribution in [0.3, 0.4) is 0 Å². The minimum atomic E-state index is -0.235. The molecule has 19 heavy (non-hydrogen) atoms. The van der Waals surface area contributed by atoms with Crippen LogP contribution >= 0.6 is 0 Å². The maximum absolute atomic E-state index is 13.5. The molecule has 0 amide bonds. The molecule has 0 N–H and O–H groups in total. The fraction of sp³-hybridized carbons (Fsp3) is 0.0588. The van der Waals surface area contributed by atoms with E-state index in [2.05, 4.69) is 11.4 Å². The van der Waals surface area contributed by atoms with Crippen LogP contribution in [0.5, 0.6) is 0 Å². The molecule has 2 radical (unpaired) electrons. The number of nitrogens with zero attached hydrogens (tertiary/aromatic N) is 1. The Hall–Kier alpha value is -2.22. The standard InChI is InChI=1S/C17H12FN/c18-16-7-3-1-5-14(16)10-9-13-11-12-19-17-8-4-2-6-15(13)17/h1-8,11-12H,9H2. The summed E-state index contributed by atoms with van der Waals surface area (Å²) < 4.78 is 13.5. The topological polar surface area (TPSA) is 12.9 Å². The SMILES string of the molecule is Fc1ccccc1[C]Cc1ccnc2ccccc12. The van der Waals surface area contributed by atoms with E-state index in [9.17, 15) is 4.39 Å². The van der Waals surface area contributed by atoms with E-state index in [1.807, 2.05) is 36.4 Å². The molecule has 0 bridgehead atoms. The lowest BCUT2D eigenvalue weighted by Gasteiger charge is -2.06. The van der Waals surface area contributed by atoms with E-state index in [0.717, 1.165) is 16.5 Å². The Bertz CT molecular complexity index is 701. The Morgan fingerprint density at radius 2 is 1.74 bits per heavy atom. The summed E-state index contributed by atoms with van der Waals surface area (Å²) >= 11 is 0. The first-order chi connectivity index (χ1) is 9.34. The molecule has 0 saturated carbocycles. The Balaban J connectivity index is 1.88. The molecule has 1 aromatic heterocycles. The van der Waals surface area contributed by atoms with Gasteiger partial charge in [-0.05, 0) is 35.7 Å². The highest BCUT2D eigenvalue weighted by atomic mass is 19.1. The van der Waals surface area contributed by atoms with E-state index < -0.39 is 0 Å². The predicted molar refractivity (Wildman–Crippen MR) is 74.2 cm³/mol. The van der Waals surface area contributed by atoms with Gasteiger partial charge in [0.25, 0.3) is 0 Å². The second kappa shape index (κ2) is 5.19. The van der Waals surface area contributed by atoms with E-state index in [0.29, 0.717) is 12.0 Å². The molecule has 2 aromatic carbocycles. The van der Waals surface area contributed by atoms with Crippen molar-refractivity contribution in [3.8, 4) is 0 Å². The molecular formula is C17H12FN. The van der Waals surface area contributed by atoms with Crippen LogP contribution in [0.25, 0.3) is 10.9 Å². The number of hydrogen-bond donors (Lipinski definition) is 0. The van der Waals surface area contributed by atoms with E-state index in [-0.39, 0.29) is 5.82 Å². The summed E-state index contributed by atoms with van der Waals surface area (Å²) in [7, 11) is 0.